The molecule has 0 aliphatic rings. The monoisotopic (exact) mass is 175 g/mol. The minimum atomic E-state index is -0.241. The summed E-state index contributed by atoms with van der Waals surface area (Å²) in [4.78, 5) is 2.09. The summed E-state index contributed by atoms with van der Waals surface area (Å²) in [6, 6.07) is 0. The Morgan fingerprint density at radius 1 is 1.25 bits per heavy atom. The molecule has 0 bridgehead atoms. The topological polar surface area (TPSA) is 23.5 Å². The van der Waals surface area contributed by atoms with Gasteiger partial charge in [0, 0.05) is 12.0 Å². The number of nitrogens with zero attached hydrogens (tertiary/aromatic N) is 1. The molecule has 0 amide bonds. The predicted octanol–water partition coefficient (Wildman–Crippen LogP) is 1.98. The van der Waals surface area contributed by atoms with Gasteiger partial charge in [0.1, 0.15) is 0 Å². The van der Waals surface area contributed by atoms with Crippen molar-refractivity contribution in [3.05, 3.63) is 0 Å². The zero-order valence-electron chi connectivity index (χ0n) is 9.68. The highest BCUT2D eigenvalue weighted by molar-refractivity contribution is 4.76. The standard InChI is InChI=1S/C8H19NO.C2H6/c1-7(10)8(2,3)6-9(4)5;1-2/h7,10H,6H2,1-5H3;1-2H3. The van der Waals surface area contributed by atoms with Crippen LogP contribution in [0.5, 0.6) is 0 Å². The van der Waals surface area contributed by atoms with Crippen LogP contribution in [0.2, 0.25) is 0 Å². The largest absolute Gasteiger partial charge is 0.393 e. The predicted molar refractivity (Wildman–Crippen MR) is 55.4 cm³/mol. The molecule has 2 heteroatoms. The van der Waals surface area contributed by atoms with E-state index in [4.69, 9.17) is 0 Å². The molecule has 0 aromatic rings. The molecule has 0 fully saturated rings. The van der Waals surface area contributed by atoms with Crippen LogP contribution < -0.4 is 0 Å². The molecule has 0 aromatic carbocycles. The van der Waals surface area contributed by atoms with E-state index < -0.39 is 0 Å². The summed E-state index contributed by atoms with van der Waals surface area (Å²) >= 11 is 0. The van der Waals surface area contributed by atoms with Crippen LogP contribution in [0.25, 0.3) is 0 Å². The van der Waals surface area contributed by atoms with Gasteiger partial charge in [0.05, 0.1) is 6.10 Å². The van der Waals surface area contributed by atoms with Gasteiger partial charge in [0.25, 0.3) is 0 Å². The van der Waals surface area contributed by atoms with E-state index in [1.54, 1.807) is 0 Å². The van der Waals surface area contributed by atoms with Gasteiger partial charge >= 0.3 is 0 Å². The van der Waals surface area contributed by atoms with Gasteiger partial charge in [-0.15, -0.1) is 0 Å². The number of aliphatic hydroxyl groups is 1. The van der Waals surface area contributed by atoms with Gasteiger partial charge in [-0.2, -0.15) is 0 Å². The van der Waals surface area contributed by atoms with Crippen molar-refractivity contribution in [1.29, 1.82) is 0 Å². The van der Waals surface area contributed by atoms with Crippen LogP contribution in [0.1, 0.15) is 34.6 Å². The lowest BCUT2D eigenvalue weighted by molar-refractivity contribution is 0.0462. The fourth-order valence-corrected chi connectivity index (χ4v) is 0.947. The van der Waals surface area contributed by atoms with E-state index in [2.05, 4.69) is 18.7 Å². The second-order valence-electron chi connectivity index (χ2n) is 3.90. The SMILES string of the molecule is CC.CC(O)C(C)(C)CN(C)C. The summed E-state index contributed by atoms with van der Waals surface area (Å²) in [7, 11) is 4.04. The van der Waals surface area contributed by atoms with Gasteiger partial charge < -0.3 is 10.0 Å². The van der Waals surface area contributed by atoms with Crippen molar-refractivity contribution in [2.75, 3.05) is 20.6 Å². The van der Waals surface area contributed by atoms with E-state index in [0.717, 1.165) is 6.54 Å². The van der Waals surface area contributed by atoms with E-state index >= 15 is 0 Å². The Bertz CT molecular complexity index is 98.0. The summed E-state index contributed by atoms with van der Waals surface area (Å²) in [6.07, 6.45) is -0.241. The van der Waals surface area contributed by atoms with Crippen molar-refractivity contribution in [3.8, 4) is 0 Å². The van der Waals surface area contributed by atoms with Gasteiger partial charge in [-0.3, -0.25) is 0 Å². The Morgan fingerprint density at radius 2 is 1.58 bits per heavy atom. The molecule has 76 valence electrons. The van der Waals surface area contributed by atoms with Crippen LogP contribution in [-0.4, -0.2) is 36.8 Å². The Morgan fingerprint density at radius 3 is 1.67 bits per heavy atom. The molecule has 0 saturated carbocycles. The molecule has 0 aliphatic carbocycles. The van der Waals surface area contributed by atoms with Crippen molar-refractivity contribution in [2.24, 2.45) is 5.41 Å². The molecule has 0 aromatic heterocycles. The van der Waals surface area contributed by atoms with Crippen LogP contribution in [-0.2, 0) is 0 Å². The van der Waals surface area contributed by atoms with Crippen molar-refractivity contribution in [2.45, 2.75) is 40.7 Å². The molecule has 0 radical (unpaired) electrons. The summed E-state index contributed by atoms with van der Waals surface area (Å²) in [5.41, 5.74) is 0.00347. The van der Waals surface area contributed by atoms with Crippen LogP contribution in [0.4, 0.5) is 0 Å². The first-order valence-corrected chi connectivity index (χ1v) is 4.69. The Hall–Kier alpha value is -0.0800. The van der Waals surface area contributed by atoms with Crippen LogP contribution in [0.15, 0.2) is 0 Å². The first-order chi connectivity index (χ1) is 5.36. The molecule has 1 N–H and O–H groups in total. The number of rotatable bonds is 3. The summed E-state index contributed by atoms with van der Waals surface area (Å²) < 4.78 is 0. The van der Waals surface area contributed by atoms with E-state index in [9.17, 15) is 5.11 Å². The molecule has 1 atom stereocenters. The molecule has 0 rings (SSSR count). The first-order valence-electron chi connectivity index (χ1n) is 4.69. The van der Waals surface area contributed by atoms with Crippen molar-refractivity contribution in [3.63, 3.8) is 0 Å². The number of hydrogen-bond acceptors (Lipinski definition) is 2. The fourth-order valence-electron chi connectivity index (χ4n) is 0.947. The third kappa shape index (κ3) is 6.62. The van der Waals surface area contributed by atoms with Crippen LogP contribution in [0.3, 0.4) is 0 Å². The van der Waals surface area contributed by atoms with E-state index in [1.807, 2.05) is 34.9 Å². The van der Waals surface area contributed by atoms with E-state index in [-0.39, 0.29) is 11.5 Å². The van der Waals surface area contributed by atoms with Gasteiger partial charge in [0.15, 0.2) is 0 Å². The second-order valence-corrected chi connectivity index (χ2v) is 3.90. The average molecular weight is 175 g/mol. The highest BCUT2D eigenvalue weighted by Gasteiger charge is 2.24. The maximum absolute atomic E-state index is 9.30. The molecular formula is C10H25NO. The smallest absolute Gasteiger partial charge is 0.0575 e. The van der Waals surface area contributed by atoms with Crippen LogP contribution >= 0.6 is 0 Å². The first kappa shape index (κ1) is 14.4. The van der Waals surface area contributed by atoms with Gasteiger partial charge in [-0.25, -0.2) is 0 Å². The van der Waals surface area contributed by atoms with Crippen molar-refractivity contribution >= 4 is 0 Å². The quantitative estimate of drug-likeness (QED) is 0.709. The molecule has 1 unspecified atom stereocenters. The maximum atomic E-state index is 9.30. The number of aliphatic hydroxyl groups excluding tert-OH is 1. The minimum absolute atomic E-state index is 0.00347. The van der Waals surface area contributed by atoms with Gasteiger partial charge in [0.2, 0.25) is 0 Å². The molecule has 0 saturated heterocycles. The molecule has 12 heavy (non-hydrogen) atoms. The average Bonchev–Trinajstić information content (AvgIpc) is 1.89. The van der Waals surface area contributed by atoms with Gasteiger partial charge in [-0.05, 0) is 21.0 Å². The maximum Gasteiger partial charge on any atom is 0.0575 e. The molecule has 2 nitrogen and oxygen atoms in total. The zero-order valence-corrected chi connectivity index (χ0v) is 9.68. The third-order valence-electron chi connectivity index (χ3n) is 1.85. The molecule has 0 aliphatic heterocycles. The van der Waals surface area contributed by atoms with Crippen LogP contribution in [0, 0.1) is 5.41 Å². The lowest BCUT2D eigenvalue weighted by Gasteiger charge is -2.30. The fraction of sp³-hybridized carbons (Fsp3) is 1.00. The Kier molecular flexibility index (Phi) is 7.75. The van der Waals surface area contributed by atoms with E-state index in [0.29, 0.717) is 0 Å². The van der Waals surface area contributed by atoms with Crippen molar-refractivity contribution < 1.29 is 5.11 Å². The highest BCUT2D eigenvalue weighted by atomic mass is 16.3. The Labute approximate surface area is 77.6 Å². The highest BCUT2D eigenvalue weighted by Crippen LogP contribution is 2.20. The lowest BCUT2D eigenvalue weighted by atomic mass is 9.87. The minimum Gasteiger partial charge on any atom is -0.393 e. The van der Waals surface area contributed by atoms with Crippen molar-refractivity contribution in [1.82, 2.24) is 4.90 Å². The summed E-state index contributed by atoms with van der Waals surface area (Å²) in [6.45, 7) is 10.9. The molecule has 0 spiro atoms. The normalized spacial score (nSPS) is 13.8. The number of hydrogen-bond donors (Lipinski definition) is 1. The van der Waals surface area contributed by atoms with E-state index in [1.165, 1.54) is 0 Å². The Balaban J connectivity index is 0. The molecular weight excluding hydrogens is 150 g/mol. The van der Waals surface area contributed by atoms with Gasteiger partial charge in [-0.1, -0.05) is 27.7 Å². The zero-order chi connectivity index (χ0) is 10.4. The summed E-state index contributed by atoms with van der Waals surface area (Å²) in [5, 5.41) is 9.30. The second kappa shape index (κ2) is 6.44. The molecule has 0 heterocycles. The summed E-state index contributed by atoms with van der Waals surface area (Å²) in [5.74, 6) is 0. The lowest BCUT2D eigenvalue weighted by Crippen LogP contribution is -2.36. The third-order valence-corrected chi connectivity index (χ3v) is 1.85.